The zero-order valence-electron chi connectivity index (χ0n) is 26.4. The molecule has 13 nitrogen and oxygen atoms in total. The molecule has 0 amide bonds. The van der Waals surface area contributed by atoms with Gasteiger partial charge < -0.3 is 61.6 Å². The molecule has 0 radical (unpaired) electrons. The van der Waals surface area contributed by atoms with Gasteiger partial charge in [0.25, 0.3) is 0 Å². The van der Waals surface area contributed by atoms with Crippen LogP contribution in [0.15, 0.2) is 0 Å². The lowest BCUT2D eigenvalue weighted by Crippen LogP contribution is -2.46. The molecule has 0 bridgehead atoms. The summed E-state index contributed by atoms with van der Waals surface area (Å²) in [6, 6.07) is 0. The fourth-order valence-corrected chi connectivity index (χ4v) is 3.39. The molecule has 0 spiro atoms. The summed E-state index contributed by atoms with van der Waals surface area (Å²) in [6.45, 7) is 17.6. The summed E-state index contributed by atoms with van der Waals surface area (Å²) in [7, 11) is 0. The average molecular weight is 603 g/mol. The van der Waals surface area contributed by atoms with Crippen molar-refractivity contribution in [3.05, 3.63) is 0 Å². The largest absolute Gasteiger partial charge is 0.380 e. The van der Waals surface area contributed by atoms with E-state index in [1.165, 1.54) is 0 Å². The molecule has 41 heavy (non-hydrogen) atoms. The molecule has 0 aliphatic carbocycles. The molecule has 0 N–H and O–H groups in total. The molecule has 0 saturated carbocycles. The van der Waals surface area contributed by atoms with Crippen molar-refractivity contribution < 1.29 is 61.6 Å². The van der Waals surface area contributed by atoms with Gasteiger partial charge in [-0.05, 0) is 41.5 Å². The van der Waals surface area contributed by atoms with E-state index in [4.69, 9.17) is 61.6 Å². The summed E-state index contributed by atoms with van der Waals surface area (Å²) in [6.07, 6.45) is 0. The van der Waals surface area contributed by atoms with E-state index < -0.39 is 10.8 Å². The summed E-state index contributed by atoms with van der Waals surface area (Å²) in [5.41, 5.74) is -1.36. The molecule has 0 fully saturated rings. The van der Waals surface area contributed by atoms with Gasteiger partial charge in [-0.3, -0.25) is 0 Å². The van der Waals surface area contributed by atoms with E-state index in [2.05, 4.69) is 0 Å². The average Bonchev–Trinajstić information content (AvgIpc) is 2.98. The molecule has 0 atom stereocenters. The molecule has 0 heterocycles. The minimum atomic E-state index is -0.679. The van der Waals surface area contributed by atoms with Crippen LogP contribution in [-0.4, -0.2) is 133 Å². The fraction of sp³-hybridized carbons (Fsp3) is 1.00. The van der Waals surface area contributed by atoms with Gasteiger partial charge in [0.15, 0.2) is 0 Å². The molecular weight excluding hydrogens is 544 g/mol. The maximum Gasteiger partial charge on any atom is 0.146 e. The van der Waals surface area contributed by atoms with Gasteiger partial charge >= 0.3 is 0 Å². The zero-order valence-corrected chi connectivity index (χ0v) is 26.4. The highest BCUT2D eigenvalue weighted by Gasteiger charge is 2.37. The molecule has 0 rings (SSSR count). The van der Waals surface area contributed by atoms with Crippen LogP contribution in [0.5, 0.6) is 0 Å². The molecule has 0 aliphatic rings. The normalized spacial score (nSPS) is 12.4. The van der Waals surface area contributed by atoms with Crippen LogP contribution in [0.3, 0.4) is 0 Å². The highest BCUT2D eigenvalue weighted by Crippen LogP contribution is 2.25. The van der Waals surface area contributed by atoms with Gasteiger partial charge in [-0.15, -0.1) is 0 Å². The van der Waals surface area contributed by atoms with Crippen LogP contribution in [0.25, 0.3) is 0 Å². The Morgan fingerprint density at radius 3 is 0.585 bits per heavy atom. The topological polar surface area (TPSA) is 120 Å². The fourth-order valence-electron chi connectivity index (χ4n) is 3.39. The summed E-state index contributed by atoms with van der Waals surface area (Å²) in [5.74, 6) is 0. The Balaban J connectivity index is 5.70. The SMILES string of the molecule is CCOCOCC(COCOCC)(COCOCC)COCC(COCOCC)(COCOCC)COCOCC. The first-order valence-corrected chi connectivity index (χ1v) is 14.6. The maximum atomic E-state index is 6.38. The van der Waals surface area contributed by atoms with Crippen LogP contribution < -0.4 is 0 Å². The van der Waals surface area contributed by atoms with Gasteiger partial charge in [-0.25, -0.2) is 0 Å². The van der Waals surface area contributed by atoms with Crippen molar-refractivity contribution in [1.29, 1.82) is 0 Å². The third kappa shape index (κ3) is 22.7. The Bertz CT molecular complexity index is 421. The Morgan fingerprint density at radius 2 is 0.415 bits per heavy atom. The van der Waals surface area contributed by atoms with E-state index in [1.807, 2.05) is 41.5 Å². The van der Waals surface area contributed by atoms with Gasteiger partial charge in [-0.2, -0.15) is 0 Å². The Kier molecular flexibility index (Phi) is 29.2. The molecule has 0 aromatic rings. The first-order valence-electron chi connectivity index (χ1n) is 14.6. The first-order chi connectivity index (χ1) is 20.1. The van der Waals surface area contributed by atoms with E-state index in [0.717, 1.165) is 0 Å². The lowest BCUT2D eigenvalue weighted by atomic mass is 9.90. The smallest absolute Gasteiger partial charge is 0.146 e. The van der Waals surface area contributed by atoms with E-state index in [1.54, 1.807) is 0 Å². The van der Waals surface area contributed by atoms with Crippen molar-refractivity contribution in [3.63, 3.8) is 0 Å². The number of hydrogen-bond donors (Lipinski definition) is 0. The number of ether oxygens (including phenoxy) is 13. The van der Waals surface area contributed by atoms with Crippen molar-refractivity contribution in [2.75, 3.05) is 133 Å². The predicted molar refractivity (Wildman–Crippen MR) is 150 cm³/mol. The minimum Gasteiger partial charge on any atom is -0.380 e. The van der Waals surface area contributed by atoms with E-state index in [-0.39, 0.29) is 93.6 Å². The van der Waals surface area contributed by atoms with E-state index in [0.29, 0.717) is 39.6 Å². The van der Waals surface area contributed by atoms with Crippen LogP contribution in [0.4, 0.5) is 0 Å². The molecule has 248 valence electrons. The van der Waals surface area contributed by atoms with E-state index in [9.17, 15) is 0 Å². The summed E-state index contributed by atoms with van der Waals surface area (Å²) in [5, 5.41) is 0. The Labute approximate surface area is 247 Å². The van der Waals surface area contributed by atoms with Crippen LogP contribution in [0, 0.1) is 10.8 Å². The van der Waals surface area contributed by atoms with Gasteiger partial charge in [0.2, 0.25) is 0 Å². The Hall–Kier alpha value is -0.520. The second-order valence-corrected chi connectivity index (χ2v) is 9.25. The van der Waals surface area contributed by atoms with Gasteiger partial charge in [-0.1, -0.05) is 0 Å². The van der Waals surface area contributed by atoms with Gasteiger partial charge in [0.1, 0.15) is 40.8 Å². The second kappa shape index (κ2) is 29.5. The number of rotatable bonds is 34. The Morgan fingerprint density at radius 1 is 0.244 bits per heavy atom. The van der Waals surface area contributed by atoms with Crippen LogP contribution in [0.1, 0.15) is 41.5 Å². The minimum absolute atomic E-state index is 0.140. The third-order valence-electron chi connectivity index (χ3n) is 5.49. The highest BCUT2D eigenvalue weighted by molar-refractivity contribution is 4.83. The maximum absolute atomic E-state index is 6.38. The highest BCUT2D eigenvalue weighted by atomic mass is 16.7. The van der Waals surface area contributed by atoms with Crippen LogP contribution in [-0.2, 0) is 61.6 Å². The van der Waals surface area contributed by atoms with Crippen molar-refractivity contribution in [1.82, 2.24) is 0 Å². The lowest BCUT2D eigenvalue weighted by molar-refractivity contribution is -0.192. The van der Waals surface area contributed by atoms with Crippen LogP contribution >= 0.6 is 0 Å². The van der Waals surface area contributed by atoms with Crippen molar-refractivity contribution in [3.8, 4) is 0 Å². The quantitative estimate of drug-likeness (QED) is 0.0793. The predicted octanol–water partition coefficient (Wildman–Crippen LogP) is 3.04. The zero-order chi connectivity index (χ0) is 30.3. The lowest BCUT2D eigenvalue weighted by Gasteiger charge is -2.36. The number of hydrogen-bond acceptors (Lipinski definition) is 13. The molecule has 0 saturated heterocycles. The third-order valence-corrected chi connectivity index (χ3v) is 5.49. The summed E-state index contributed by atoms with van der Waals surface area (Å²) >= 11 is 0. The molecule has 0 aromatic heterocycles. The first kappa shape index (κ1) is 40.5. The molecule has 0 unspecified atom stereocenters. The van der Waals surface area contributed by atoms with Gasteiger partial charge in [0, 0.05) is 39.6 Å². The van der Waals surface area contributed by atoms with Gasteiger partial charge in [0.05, 0.1) is 63.7 Å². The molecule has 0 aromatic carbocycles. The van der Waals surface area contributed by atoms with Crippen molar-refractivity contribution >= 4 is 0 Å². The molecule has 0 aliphatic heterocycles. The second-order valence-electron chi connectivity index (χ2n) is 9.25. The molecular formula is C28H58O13. The standard InChI is InChI=1S/C28H58O13/c1-7-29-21-36-15-27(16-37-22-30-8-2,17-38-23-31-9-3)13-35-14-28(18-39-24-32-10-4,19-40-25-33-11-5)20-41-26-34-12-6/h7-26H2,1-6H3. The monoisotopic (exact) mass is 602 g/mol. The summed E-state index contributed by atoms with van der Waals surface area (Å²) < 4.78 is 73.8. The summed E-state index contributed by atoms with van der Waals surface area (Å²) in [4.78, 5) is 0. The van der Waals surface area contributed by atoms with E-state index >= 15 is 0 Å². The molecule has 13 heteroatoms. The van der Waals surface area contributed by atoms with Crippen LogP contribution in [0.2, 0.25) is 0 Å². The van der Waals surface area contributed by atoms with Crippen molar-refractivity contribution in [2.24, 2.45) is 10.8 Å². The van der Waals surface area contributed by atoms with Crippen molar-refractivity contribution in [2.45, 2.75) is 41.5 Å².